The van der Waals surface area contributed by atoms with Crippen LogP contribution in [0.5, 0.6) is 0 Å². The lowest BCUT2D eigenvalue weighted by Gasteiger charge is -2.09. The highest BCUT2D eigenvalue weighted by molar-refractivity contribution is 6.30. The monoisotopic (exact) mass is 289 g/mol. The standard InChI is InChI=1S/C14H16ClN5/c1-10(2)16-8-12-14(20-9-11(15)7-17-20)18-13-5-3-4-6-19(12)13/h3-7,9-10,16H,8H2,1-2H3. The van der Waals surface area contributed by atoms with Crippen molar-refractivity contribution in [1.29, 1.82) is 0 Å². The molecular weight excluding hydrogens is 274 g/mol. The second-order valence-corrected chi connectivity index (χ2v) is 5.39. The first-order chi connectivity index (χ1) is 9.65. The van der Waals surface area contributed by atoms with Gasteiger partial charge in [-0.05, 0) is 12.1 Å². The summed E-state index contributed by atoms with van der Waals surface area (Å²) in [5.41, 5.74) is 1.96. The van der Waals surface area contributed by atoms with Crippen molar-refractivity contribution in [3.63, 3.8) is 0 Å². The number of imidazole rings is 1. The molecule has 0 unspecified atom stereocenters. The van der Waals surface area contributed by atoms with Gasteiger partial charge in [0.1, 0.15) is 5.65 Å². The number of nitrogens with one attached hydrogen (secondary N) is 1. The summed E-state index contributed by atoms with van der Waals surface area (Å²) in [6.07, 6.45) is 5.39. The maximum absolute atomic E-state index is 5.96. The largest absolute Gasteiger partial charge is 0.309 e. The van der Waals surface area contributed by atoms with E-state index in [1.165, 1.54) is 0 Å². The number of fused-ring (bicyclic) bond motifs is 1. The molecule has 0 saturated carbocycles. The minimum atomic E-state index is 0.401. The fourth-order valence-corrected chi connectivity index (χ4v) is 2.24. The first kappa shape index (κ1) is 13.1. The predicted octanol–water partition coefficient (Wildman–Crippen LogP) is 2.67. The molecule has 20 heavy (non-hydrogen) atoms. The topological polar surface area (TPSA) is 47.2 Å². The zero-order valence-electron chi connectivity index (χ0n) is 11.4. The normalized spacial score (nSPS) is 11.6. The van der Waals surface area contributed by atoms with Crippen LogP contribution in [-0.4, -0.2) is 25.2 Å². The summed E-state index contributed by atoms with van der Waals surface area (Å²) < 4.78 is 3.78. The summed E-state index contributed by atoms with van der Waals surface area (Å²) >= 11 is 5.96. The SMILES string of the molecule is CC(C)NCc1c(-n2cc(Cl)cn2)nc2ccccn12. The van der Waals surface area contributed by atoms with E-state index in [0.717, 1.165) is 23.7 Å². The molecule has 3 aromatic heterocycles. The van der Waals surface area contributed by atoms with Crippen molar-refractivity contribution in [3.05, 3.63) is 47.5 Å². The van der Waals surface area contributed by atoms with E-state index in [4.69, 9.17) is 11.6 Å². The van der Waals surface area contributed by atoms with Crippen LogP contribution < -0.4 is 5.32 Å². The van der Waals surface area contributed by atoms with Crippen LogP contribution in [0.3, 0.4) is 0 Å². The van der Waals surface area contributed by atoms with Gasteiger partial charge < -0.3 is 9.72 Å². The van der Waals surface area contributed by atoms with E-state index in [0.29, 0.717) is 11.1 Å². The van der Waals surface area contributed by atoms with Gasteiger partial charge in [0.25, 0.3) is 0 Å². The van der Waals surface area contributed by atoms with E-state index in [9.17, 15) is 0 Å². The number of hydrogen-bond acceptors (Lipinski definition) is 3. The molecule has 6 heteroatoms. The molecule has 0 amide bonds. The highest BCUT2D eigenvalue weighted by Crippen LogP contribution is 2.18. The van der Waals surface area contributed by atoms with E-state index < -0.39 is 0 Å². The summed E-state index contributed by atoms with van der Waals surface area (Å²) in [6, 6.07) is 6.35. The van der Waals surface area contributed by atoms with Crippen molar-refractivity contribution < 1.29 is 0 Å². The molecule has 104 valence electrons. The average molecular weight is 290 g/mol. The summed E-state index contributed by atoms with van der Waals surface area (Å²) in [5.74, 6) is 0.802. The number of aromatic nitrogens is 4. The maximum atomic E-state index is 5.96. The molecule has 0 aliphatic heterocycles. The Morgan fingerprint density at radius 3 is 2.90 bits per heavy atom. The van der Waals surface area contributed by atoms with Crippen LogP contribution in [0, 0.1) is 0 Å². The molecule has 0 radical (unpaired) electrons. The highest BCUT2D eigenvalue weighted by Gasteiger charge is 2.14. The number of pyridine rings is 1. The Hall–Kier alpha value is -1.85. The zero-order valence-corrected chi connectivity index (χ0v) is 12.2. The minimum absolute atomic E-state index is 0.401. The van der Waals surface area contributed by atoms with Gasteiger partial charge >= 0.3 is 0 Å². The Balaban J connectivity index is 2.12. The van der Waals surface area contributed by atoms with Crippen LogP contribution in [0.4, 0.5) is 0 Å². The third kappa shape index (κ3) is 2.42. The van der Waals surface area contributed by atoms with Gasteiger partial charge in [-0.15, -0.1) is 0 Å². The highest BCUT2D eigenvalue weighted by atomic mass is 35.5. The molecule has 0 aliphatic carbocycles. The van der Waals surface area contributed by atoms with Gasteiger partial charge in [-0.25, -0.2) is 9.67 Å². The Bertz CT molecular complexity index is 728. The second-order valence-electron chi connectivity index (χ2n) is 4.95. The number of halogens is 1. The number of hydrogen-bond donors (Lipinski definition) is 1. The van der Waals surface area contributed by atoms with Gasteiger partial charge in [0, 0.05) is 18.8 Å². The third-order valence-electron chi connectivity index (χ3n) is 3.05. The molecular formula is C14H16ClN5. The molecule has 0 bridgehead atoms. The summed E-state index contributed by atoms with van der Waals surface area (Å²) in [4.78, 5) is 4.64. The fourth-order valence-electron chi connectivity index (χ4n) is 2.10. The fraction of sp³-hybridized carbons (Fsp3) is 0.286. The lowest BCUT2D eigenvalue weighted by Crippen LogP contribution is -2.23. The van der Waals surface area contributed by atoms with Crippen LogP contribution in [0.25, 0.3) is 11.5 Å². The third-order valence-corrected chi connectivity index (χ3v) is 3.25. The van der Waals surface area contributed by atoms with E-state index in [-0.39, 0.29) is 0 Å². The molecule has 3 rings (SSSR count). The van der Waals surface area contributed by atoms with E-state index in [1.807, 2.05) is 24.4 Å². The predicted molar refractivity (Wildman–Crippen MR) is 79.3 cm³/mol. The number of rotatable bonds is 4. The van der Waals surface area contributed by atoms with E-state index >= 15 is 0 Å². The summed E-state index contributed by atoms with van der Waals surface area (Å²) in [7, 11) is 0. The number of nitrogens with zero attached hydrogens (tertiary/aromatic N) is 4. The van der Waals surface area contributed by atoms with Gasteiger partial charge in [-0.3, -0.25) is 0 Å². The van der Waals surface area contributed by atoms with Crippen LogP contribution in [0.1, 0.15) is 19.5 Å². The zero-order chi connectivity index (χ0) is 14.1. The van der Waals surface area contributed by atoms with Gasteiger partial charge in [-0.2, -0.15) is 5.10 Å². The van der Waals surface area contributed by atoms with Crippen LogP contribution in [-0.2, 0) is 6.54 Å². The minimum Gasteiger partial charge on any atom is -0.309 e. The molecule has 0 saturated heterocycles. The van der Waals surface area contributed by atoms with Gasteiger partial charge in [0.05, 0.1) is 23.1 Å². The van der Waals surface area contributed by atoms with E-state index in [2.05, 4.69) is 33.6 Å². The van der Waals surface area contributed by atoms with Gasteiger partial charge in [0.2, 0.25) is 0 Å². The van der Waals surface area contributed by atoms with Gasteiger partial charge in [-0.1, -0.05) is 31.5 Å². The Morgan fingerprint density at radius 2 is 2.20 bits per heavy atom. The molecule has 0 fully saturated rings. The van der Waals surface area contributed by atoms with Crippen molar-refractivity contribution >= 4 is 17.2 Å². The second kappa shape index (κ2) is 5.26. The molecule has 0 spiro atoms. The van der Waals surface area contributed by atoms with Crippen molar-refractivity contribution in [3.8, 4) is 5.82 Å². The molecule has 1 N–H and O–H groups in total. The molecule has 3 aromatic rings. The van der Waals surface area contributed by atoms with Crippen molar-refractivity contribution in [2.45, 2.75) is 26.4 Å². The van der Waals surface area contributed by atoms with Gasteiger partial charge in [0.15, 0.2) is 5.82 Å². The lowest BCUT2D eigenvalue weighted by molar-refractivity contribution is 0.576. The van der Waals surface area contributed by atoms with E-state index in [1.54, 1.807) is 17.1 Å². The van der Waals surface area contributed by atoms with Crippen molar-refractivity contribution in [1.82, 2.24) is 24.5 Å². The van der Waals surface area contributed by atoms with Crippen LogP contribution in [0.15, 0.2) is 36.8 Å². The smallest absolute Gasteiger partial charge is 0.176 e. The molecule has 3 heterocycles. The Labute approximate surface area is 122 Å². The summed E-state index contributed by atoms with van der Waals surface area (Å²) in [5, 5.41) is 8.27. The molecule has 0 atom stereocenters. The lowest BCUT2D eigenvalue weighted by atomic mass is 10.3. The average Bonchev–Trinajstić information content (AvgIpc) is 2.99. The van der Waals surface area contributed by atoms with Crippen molar-refractivity contribution in [2.75, 3.05) is 0 Å². The molecule has 0 aliphatic rings. The first-order valence-electron chi connectivity index (χ1n) is 6.55. The molecule has 5 nitrogen and oxygen atoms in total. The maximum Gasteiger partial charge on any atom is 0.176 e. The Morgan fingerprint density at radius 1 is 1.35 bits per heavy atom. The first-order valence-corrected chi connectivity index (χ1v) is 6.93. The van der Waals surface area contributed by atoms with Crippen LogP contribution >= 0.6 is 11.6 Å². The van der Waals surface area contributed by atoms with Crippen molar-refractivity contribution in [2.24, 2.45) is 0 Å². The summed E-state index contributed by atoms with van der Waals surface area (Å²) in [6.45, 7) is 4.96. The quantitative estimate of drug-likeness (QED) is 0.803. The van der Waals surface area contributed by atoms with Crippen LogP contribution in [0.2, 0.25) is 5.02 Å². The molecule has 0 aromatic carbocycles. The Kier molecular flexibility index (Phi) is 3.46.